The first-order valence-corrected chi connectivity index (χ1v) is 9.22. The molecule has 2 rings (SSSR count). The van der Waals surface area contributed by atoms with E-state index in [-0.39, 0.29) is 18.4 Å². The maximum atomic E-state index is 12.1. The molecule has 1 amide bonds. The Morgan fingerprint density at radius 2 is 2.08 bits per heavy atom. The van der Waals surface area contributed by atoms with Gasteiger partial charge in [0, 0.05) is 38.5 Å². The second kappa shape index (κ2) is 10.0. The molecule has 1 saturated heterocycles. The lowest BCUT2D eigenvalue weighted by atomic mass is 10.2. The van der Waals surface area contributed by atoms with E-state index in [1.54, 1.807) is 0 Å². The molecule has 0 saturated carbocycles. The van der Waals surface area contributed by atoms with Gasteiger partial charge in [-0.15, -0.1) is 0 Å². The number of hydrogen-bond acceptors (Lipinski definition) is 5. The van der Waals surface area contributed by atoms with Crippen molar-refractivity contribution in [2.45, 2.75) is 52.4 Å². The number of aliphatic imine (C=N–C) groups is 1. The molecule has 2 heterocycles. The average molecular weight is 350 g/mol. The van der Waals surface area contributed by atoms with Crippen LogP contribution in [0.15, 0.2) is 9.52 Å². The molecule has 25 heavy (non-hydrogen) atoms. The molecule has 140 valence electrons. The van der Waals surface area contributed by atoms with E-state index in [2.05, 4.69) is 25.8 Å². The van der Waals surface area contributed by atoms with E-state index in [4.69, 9.17) is 4.52 Å². The lowest BCUT2D eigenvalue weighted by molar-refractivity contribution is -0.128. The van der Waals surface area contributed by atoms with Crippen molar-refractivity contribution in [2.24, 2.45) is 4.99 Å². The van der Waals surface area contributed by atoms with E-state index in [1.807, 2.05) is 25.7 Å². The highest BCUT2D eigenvalue weighted by Crippen LogP contribution is 2.10. The topological polar surface area (TPSA) is 95.7 Å². The summed E-state index contributed by atoms with van der Waals surface area (Å²) in [5, 5.41) is 10.4. The molecule has 0 aliphatic carbocycles. The minimum Gasteiger partial charge on any atom is -0.357 e. The van der Waals surface area contributed by atoms with Gasteiger partial charge in [0.1, 0.15) is 6.54 Å². The first-order valence-electron chi connectivity index (χ1n) is 9.22. The first-order chi connectivity index (χ1) is 12.1. The molecule has 0 aromatic carbocycles. The summed E-state index contributed by atoms with van der Waals surface area (Å²) in [5.41, 5.74) is 0. The number of carbonyl (C=O) groups excluding carboxylic acids is 1. The number of rotatable bonds is 8. The Hall–Kier alpha value is -2.12. The molecule has 0 bridgehead atoms. The van der Waals surface area contributed by atoms with Crippen molar-refractivity contribution in [1.29, 1.82) is 0 Å². The van der Waals surface area contributed by atoms with Crippen LogP contribution in [-0.2, 0) is 11.2 Å². The van der Waals surface area contributed by atoms with Crippen molar-refractivity contribution in [2.75, 3.05) is 32.7 Å². The van der Waals surface area contributed by atoms with Crippen LogP contribution in [0.25, 0.3) is 0 Å². The van der Waals surface area contributed by atoms with Gasteiger partial charge in [0.2, 0.25) is 11.8 Å². The van der Waals surface area contributed by atoms with Crippen molar-refractivity contribution >= 4 is 11.9 Å². The normalized spacial score (nSPS) is 15.0. The van der Waals surface area contributed by atoms with Crippen molar-refractivity contribution < 1.29 is 9.32 Å². The summed E-state index contributed by atoms with van der Waals surface area (Å²) >= 11 is 0. The molecule has 0 unspecified atom stereocenters. The van der Waals surface area contributed by atoms with E-state index in [1.165, 1.54) is 0 Å². The quantitative estimate of drug-likeness (QED) is 0.417. The fraction of sp³-hybridized carbons (Fsp3) is 0.765. The highest BCUT2D eigenvalue weighted by molar-refractivity contribution is 5.85. The minimum atomic E-state index is 0.0989. The molecular weight excluding hydrogens is 320 g/mol. The van der Waals surface area contributed by atoms with E-state index < -0.39 is 0 Å². The van der Waals surface area contributed by atoms with Crippen LogP contribution in [-0.4, -0.2) is 59.6 Å². The fourth-order valence-corrected chi connectivity index (χ4v) is 2.61. The first kappa shape index (κ1) is 19.2. The largest absolute Gasteiger partial charge is 0.357 e. The highest BCUT2D eigenvalue weighted by atomic mass is 16.5. The van der Waals surface area contributed by atoms with Crippen molar-refractivity contribution in [1.82, 2.24) is 25.7 Å². The predicted molar refractivity (Wildman–Crippen MR) is 96.5 cm³/mol. The average Bonchev–Trinajstić information content (AvgIpc) is 3.27. The third kappa shape index (κ3) is 6.36. The lowest BCUT2D eigenvalue weighted by Gasteiger charge is -2.15. The Kier molecular flexibility index (Phi) is 7.69. The maximum absolute atomic E-state index is 12.1. The maximum Gasteiger partial charge on any atom is 0.244 e. The third-order valence-electron chi connectivity index (χ3n) is 4.04. The molecule has 0 spiro atoms. The summed E-state index contributed by atoms with van der Waals surface area (Å²) in [6.45, 7) is 9.48. The van der Waals surface area contributed by atoms with E-state index >= 15 is 0 Å². The Morgan fingerprint density at radius 3 is 2.72 bits per heavy atom. The summed E-state index contributed by atoms with van der Waals surface area (Å²) in [5.74, 6) is 2.46. The van der Waals surface area contributed by atoms with Crippen LogP contribution >= 0.6 is 0 Å². The van der Waals surface area contributed by atoms with Gasteiger partial charge in [-0.3, -0.25) is 4.79 Å². The SMILES string of the molecule is CCNC(=NCC(=O)N1CCCC1)NCCCc1nc(C(C)C)no1. The number of amides is 1. The van der Waals surface area contributed by atoms with Gasteiger partial charge in [-0.2, -0.15) is 4.98 Å². The summed E-state index contributed by atoms with van der Waals surface area (Å²) in [6, 6.07) is 0. The third-order valence-corrected chi connectivity index (χ3v) is 4.04. The number of aromatic nitrogens is 2. The number of aryl methyl sites for hydroxylation is 1. The second-order valence-electron chi connectivity index (χ2n) is 6.51. The monoisotopic (exact) mass is 350 g/mol. The Balaban J connectivity index is 1.72. The Bertz CT molecular complexity index is 563. The molecule has 8 heteroatoms. The molecule has 1 fully saturated rings. The molecule has 1 aromatic heterocycles. The smallest absolute Gasteiger partial charge is 0.244 e. The van der Waals surface area contributed by atoms with Crippen LogP contribution in [0.1, 0.15) is 57.7 Å². The molecule has 8 nitrogen and oxygen atoms in total. The van der Waals surface area contributed by atoms with Gasteiger partial charge in [0.15, 0.2) is 11.8 Å². The van der Waals surface area contributed by atoms with Gasteiger partial charge in [0.25, 0.3) is 0 Å². The summed E-state index contributed by atoms with van der Waals surface area (Å²) in [6.07, 6.45) is 3.77. The number of carbonyl (C=O) groups is 1. The van der Waals surface area contributed by atoms with Crippen LogP contribution in [0.5, 0.6) is 0 Å². The fourth-order valence-electron chi connectivity index (χ4n) is 2.61. The van der Waals surface area contributed by atoms with E-state index in [9.17, 15) is 4.79 Å². The summed E-state index contributed by atoms with van der Waals surface area (Å²) in [4.78, 5) is 22.7. The van der Waals surface area contributed by atoms with Crippen molar-refractivity contribution in [3.63, 3.8) is 0 Å². The van der Waals surface area contributed by atoms with Gasteiger partial charge >= 0.3 is 0 Å². The van der Waals surface area contributed by atoms with Gasteiger partial charge in [-0.1, -0.05) is 19.0 Å². The molecular formula is C17H30N6O2. The Morgan fingerprint density at radius 1 is 1.32 bits per heavy atom. The number of likely N-dealkylation sites (tertiary alicyclic amines) is 1. The molecule has 0 radical (unpaired) electrons. The molecule has 2 N–H and O–H groups in total. The zero-order chi connectivity index (χ0) is 18.1. The van der Waals surface area contributed by atoms with Gasteiger partial charge < -0.3 is 20.1 Å². The molecule has 1 aliphatic rings. The standard InChI is InChI=1S/C17H30N6O2/c1-4-18-17(20-12-15(24)23-10-5-6-11-23)19-9-7-8-14-21-16(13(2)3)22-25-14/h13H,4-12H2,1-3H3,(H2,18,19,20). The van der Waals surface area contributed by atoms with Gasteiger partial charge in [0.05, 0.1) is 0 Å². The Labute approximate surface area is 149 Å². The zero-order valence-electron chi connectivity index (χ0n) is 15.5. The van der Waals surface area contributed by atoms with Crippen LogP contribution in [0, 0.1) is 0 Å². The molecule has 0 atom stereocenters. The van der Waals surface area contributed by atoms with Crippen LogP contribution in [0.2, 0.25) is 0 Å². The number of nitrogens with zero attached hydrogens (tertiary/aromatic N) is 4. The van der Waals surface area contributed by atoms with E-state index in [0.717, 1.165) is 57.7 Å². The zero-order valence-corrected chi connectivity index (χ0v) is 15.5. The number of hydrogen-bond donors (Lipinski definition) is 2. The van der Waals surface area contributed by atoms with Crippen LogP contribution in [0.3, 0.4) is 0 Å². The summed E-state index contributed by atoms with van der Waals surface area (Å²) < 4.78 is 5.23. The van der Waals surface area contributed by atoms with Crippen molar-refractivity contribution in [3.8, 4) is 0 Å². The number of guanidine groups is 1. The molecule has 1 aromatic rings. The second-order valence-corrected chi connectivity index (χ2v) is 6.51. The number of nitrogens with one attached hydrogen (secondary N) is 2. The molecule has 1 aliphatic heterocycles. The lowest BCUT2D eigenvalue weighted by Crippen LogP contribution is -2.39. The van der Waals surface area contributed by atoms with Gasteiger partial charge in [-0.05, 0) is 26.2 Å². The van der Waals surface area contributed by atoms with Crippen LogP contribution in [0.4, 0.5) is 0 Å². The van der Waals surface area contributed by atoms with Crippen LogP contribution < -0.4 is 10.6 Å². The summed E-state index contributed by atoms with van der Waals surface area (Å²) in [7, 11) is 0. The highest BCUT2D eigenvalue weighted by Gasteiger charge is 2.17. The van der Waals surface area contributed by atoms with Gasteiger partial charge in [-0.25, -0.2) is 4.99 Å². The minimum absolute atomic E-state index is 0.0989. The van der Waals surface area contributed by atoms with E-state index in [0.29, 0.717) is 11.9 Å². The predicted octanol–water partition coefficient (Wildman–Crippen LogP) is 1.30. The van der Waals surface area contributed by atoms with Crippen molar-refractivity contribution in [3.05, 3.63) is 11.7 Å².